The third-order valence-corrected chi connectivity index (χ3v) is 2.55. The highest BCUT2D eigenvalue weighted by Gasteiger charge is 2.35. The van der Waals surface area contributed by atoms with E-state index in [1.165, 1.54) is 6.08 Å². The molecule has 1 unspecified atom stereocenters. The molecule has 0 heterocycles. The van der Waals surface area contributed by atoms with Crippen LogP contribution in [0.5, 0.6) is 0 Å². The molecule has 1 atom stereocenters. The molecule has 0 bridgehead atoms. The summed E-state index contributed by atoms with van der Waals surface area (Å²) in [4.78, 5) is 0. The summed E-state index contributed by atoms with van der Waals surface area (Å²) >= 11 is 0. The second kappa shape index (κ2) is 6.00. The Hall–Kier alpha value is -1.36. The lowest BCUT2D eigenvalue weighted by atomic mass is 9.97. The molecule has 0 saturated carbocycles. The molecule has 0 fully saturated rings. The smallest absolute Gasteiger partial charge is 0.310 e. The van der Waals surface area contributed by atoms with Crippen molar-refractivity contribution in [2.45, 2.75) is 25.6 Å². The summed E-state index contributed by atoms with van der Waals surface area (Å²) in [5.41, 5.74) is -0.888. The molecule has 1 aromatic carbocycles. The van der Waals surface area contributed by atoms with Gasteiger partial charge in [-0.3, -0.25) is 0 Å². The number of halogens is 4. The molecule has 0 saturated heterocycles. The van der Waals surface area contributed by atoms with E-state index >= 15 is 0 Å². The van der Waals surface area contributed by atoms with E-state index in [1.54, 1.807) is 6.92 Å². The second-order valence-corrected chi connectivity index (χ2v) is 3.86. The van der Waals surface area contributed by atoms with E-state index in [2.05, 4.69) is 11.9 Å². The second-order valence-electron chi connectivity index (χ2n) is 3.86. The number of nitrogens with one attached hydrogen (secondary N) is 1. The Bertz CT molecular complexity index is 412. The van der Waals surface area contributed by atoms with Crippen molar-refractivity contribution in [3.63, 3.8) is 0 Å². The highest BCUT2D eigenvalue weighted by atomic mass is 19.4. The van der Waals surface area contributed by atoms with Crippen LogP contribution in [0, 0.1) is 5.82 Å². The quantitative estimate of drug-likeness (QED) is 0.622. The van der Waals surface area contributed by atoms with Gasteiger partial charge in [0, 0.05) is 6.04 Å². The molecule has 0 aliphatic heterocycles. The Morgan fingerprint density at radius 3 is 2.56 bits per heavy atom. The largest absolute Gasteiger partial charge is 0.416 e. The minimum atomic E-state index is -4.49. The van der Waals surface area contributed by atoms with Crippen LogP contribution in [-0.4, -0.2) is 6.54 Å². The molecular formula is C13H15F4N. The van der Waals surface area contributed by atoms with Crippen molar-refractivity contribution in [1.82, 2.24) is 5.32 Å². The van der Waals surface area contributed by atoms with Crippen molar-refractivity contribution in [2.24, 2.45) is 0 Å². The van der Waals surface area contributed by atoms with Gasteiger partial charge in [-0.1, -0.05) is 13.0 Å². The van der Waals surface area contributed by atoms with Crippen molar-refractivity contribution in [1.29, 1.82) is 0 Å². The van der Waals surface area contributed by atoms with Gasteiger partial charge in [0.1, 0.15) is 5.82 Å². The average molecular weight is 261 g/mol. The molecule has 0 spiro atoms. The third kappa shape index (κ3) is 3.57. The van der Waals surface area contributed by atoms with Crippen LogP contribution < -0.4 is 5.32 Å². The number of hydrogen-bond donors (Lipinski definition) is 1. The fourth-order valence-electron chi connectivity index (χ4n) is 1.81. The van der Waals surface area contributed by atoms with Crippen molar-refractivity contribution >= 4 is 0 Å². The highest BCUT2D eigenvalue weighted by Crippen LogP contribution is 2.35. The summed E-state index contributed by atoms with van der Waals surface area (Å²) in [6.07, 6.45) is -2.67. The monoisotopic (exact) mass is 261 g/mol. The van der Waals surface area contributed by atoms with E-state index in [1.807, 2.05) is 0 Å². The molecule has 1 rings (SSSR count). The first-order valence-electron chi connectivity index (χ1n) is 5.61. The van der Waals surface area contributed by atoms with E-state index in [-0.39, 0.29) is 5.56 Å². The van der Waals surface area contributed by atoms with Crippen LogP contribution in [-0.2, 0) is 6.18 Å². The number of hydrogen-bond acceptors (Lipinski definition) is 1. The first-order valence-corrected chi connectivity index (χ1v) is 5.61. The molecule has 100 valence electrons. The van der Waals surface area contributed by atoms with Crippen LogP contribution in [0.4, 0.5) is 17.6 Å². The van der Waals surface area contributed by atoms with Gasteiger partial charge in [-0.15, -0.1) is 6.58 Å². The summed E-state index contributed by atoms with van der Waals surface area (Å²) in [6.45, 7) is 5.78. The molecule has 0 amide bonds. The van der Waals surface area contributed by atoms with E-state index in [0.29, 0.717) is 13.0 Å². The SMILES string of the molecule is C=CCC(NCC)c1cc(F)ccc1C(F)(F)F. The lowest BCUT2D eigenvalue weighted by Crippen LogP contribution is -2.24. The maximum absolute atomic E-state index is 13.2. The van der Waals surface area contributed by atoms with Crippen LogP contribution in [0.2, 0.25) is 0 Å². The van der Waals surface area contributed by atoms with Crippen molar-refractivity contribution in [3.05, 3.63) is 47.8 Å². The lowest BCUT2D eigenvalue weighted by molar-refractivity contribution is -0.138. The van der Waals surface area contributed by atoms with Gasteiger partial charge in [0.25, 0.3) is 0 Å². The molecule has 0 aliphatic carbocycles. The molecule has 0 aromatic heterocycles. The van der Waals surface area contributed by atoms with Gasteiger partial charge in [-0.25, -0.2) is 4.39 Å². The molecule has 1 aromatic rings. The zero-order valence-corrected chi connectivity index (χ0v) is 10.0. The van der Waals surface area contributed by atoms with Crippen LogP contribution in [0.3, 0.4) is 0 Å². The topological polar surface area (TPSA) is 12.0 Å². The van der Waals surface area contributed by atoms with Gasteiger partial charge >= 0.3 is 6.18 Å². The number of benzene rings is 1. The first-order chi connectivity index (χ1) is 8.40. The number of rotatable bonds is 5. The van der Waals surface area contributed by atoms with E-state index in [9.17, 15) is 17.6 Å². The van der Waals surface area contributed by atoms with Gasteiger partial charge in [-0.2, -0.15) is 13.2 Å². The summed E-state index contributed by atoms with van der Waals surface area (Å²) in [7, 11) is 0. The maximum atomic E-state index is 13.2. The number of alkyl halides is 3. The zero-order valence-electron chi connectivity index (χ0n) is 10.0. The van der Waals surface area contributed by atoms with Crippen LogP contribution in [0.25, 0.3) is 0 Å². The van der Waals surface area contributed by atoms with Gasteiger partial charge in [-0.05, 0) is 36.7 Å². The zero-order chi connectivity index (χ0) is 13.8. The van der Waals surface area contributed by atoms with Crippen LogP contribution >= 0.6 is 0 Å². The van der Waals surface area contributed by atoms with E-state index in [0.717, 1.165) is 18.2 Å². The maximum Gasteiger partial charge on any atom is 0.416 e. The Morgan fingerprint density at radius 1 is 1.39 bits per heavy atom. The summed E-state index contributed by atoms with van der Waals surface area (Å²) in [6, 6.07) is 1.95. The fourth-order valence-corrected chi connectivity index (χ4v) is 1.81. The molecule has 1 nitrogen and oxygen atoms in total. The lowest BCUT2D eigenvalue weighted by Gasteiger charge is -2.21. The van der Waals surface area contributed by atoms with Gasteiger partial charge in [0.15, 0.2) is 0 Å². The Kier molecular flexibility index (Phi) is 4.90. The Balaban J connectivity index is 3.25. The van der Waals surface area contributed by atoms with E-state index < -0.39 is 23.6 Å². The minimum absolute atomic E-state index is 0.0794. The van der Waals surface area contributed by atoms with Crippen molar-refractivity contribution in [2.75, 3.05) is 6.54 Å². The Morgan fingerprint density at radius 2 is 2.06 bits per heavy atom. The predicted octanol–water partition coefficient (Wildman–Crippen LogP) is 4.07. The molecule has 0 aliphatic rings. The van der Waals surface area contributed by atoms with Crippen molar-refractivity contribution < 1.29 is 17.6 Å². The molecule has 18 heavy (non-hydrogen) atoms. The normalized spacial score (nSPS) is 13.4. The van der Waals surface area contributed by atoms with E-state index in [4.69, 9.17) is 0 Å². The van der Waals surface area contributed by atoms with Crippen LogP contribution in [0.15, 0.2) is 30.9 Å². The standard InChI is InChI=1S/C13H15F4N/c1-3-5-12(18-4-2)10-8-9(14)6-7-11(10)13(15,16)17/h3,6-8,12,18H,1,4-5H2,2H3. The highest BCUT2D eigenvalue weighted by molar-refractivity contribution is 5.33. The van der Waals surface area contributed by atoms with Gasteiger partial charge < -0.3 is 5.32 Å². The van der Waals surface area contributed by atoms with Crippen molar-refractivity contribution in [3.8, 4) is 0 Å². The third-order valence-electron chi connectivity index (χ3n) is 2.55. The van der Waals surface area contributed by atoms with Gasteiger partial charge in [0.2, 0.25) is 0 Å². The first kappa shape index (κ1) is 14.7. The summed E-state index contributed by atoms with van der Waals surface area (Å²) in [5.74, 6) is -0.676. The van der Waals surface area contributed by atoms with Crippen LogP contribution in [0.1, 0.15) is 30.5 Å². The summed E-state index contributed by atoms with van der Waals surface area (Å²) in [5, 5.41) is 2.90. The predicted molar refractivity (Wildman–Crippen MR) is 62.6 cm³/mol. The Labute approximate surface area is 104 Å². The minimum Gasteiger partial charge on any atom is -0.310 e. The molecule has 0 radical (unpaired) electrons. The summed E-state index contributed by atoms with van der Waals surface area (Å²) < 4.78 is 51.7. The fraction of sp³-hybridized carbons (Fsp3) is 0.385. The molecular weight excluding hydrogens is 246 g/mol. The average Bonchev–Trinajstić information content (AvgIpc) is 2.27. The molecule has 1 N–H and O–H groups in total. The molecule has 5 heteroatoms. The van der Waals surface area contributed by atoms with Gasteiger partial charge in [0.05, 0.1) is 5.56 Å².